The smallest absolute Gasteiger partial charge is 0.274 e. The van der Waals surface area contributed by atoms with E-state index < -0.39 is 0 Å². The average Bonchev–Trinajstić information content (AvgIpc) is 2.56. The quantitative estimate of drug-likeness (QED) is 0.894. The number of piperazine rings is 1. The first-order valence-electron chi connectivity index (χ1n) is 6.98. The molecule has 2 aromatic rings. The second-order valence-corrected chi connectivity index (χ2v) is 5.05. The number of nitrogens with one attached hydrogen (secondary N) is 1. The highest BCUT2D eigenvalue weighted by atomic mass is 19.1. The van der Waals surface area contributed by atoms with Gasteiger partial charge in [-0.2, -0.15) is 0 Å². The molecule has 22 heavy (non-hydrogen) atoms. The van der Waals surface area contributed by atoms with Crippen LogP contribution in [0.15, 0.2) is 41.5 Å². The largest absolute Gasteiger partial charge is 0.368 e. The van der Waals surface area contributed by atoms with E-state index in [-0.39, 0.29) is 23.0 Å². The number of H-pyrrole nitrogens is 1. The van der Waals surface area contributed by atoms with Crippen molar-refractivity contribution in [3.8, 4) is 0 Å². The summed E-state index contributed by atoms with van der Waals surface area (Å²) in [5.41, 5.74) is 0.836. The van der Waals surface area contributed by atoms with Gasteiger partial charge < -0.3 is 14.8 Å². The summed E-state index contributed by atoms with van der Waals surface area (Å²) < 4.78 is 12.9. The van der Waals surface area contributed by atoms with Gasteiger partial charge >= 0.3 is 0 Å². The Morgan fingerprint density at radius 3 is 2.41 bits per heavy atom. The van der Waals surface area contributed by atoms with Gasteiger partial charge in [-0.25, -0.2) is 9.37 Å². The molecule has 1 aliphatic heterocycles. The molecular formula is C15H15FN4O2. The Balaban J connectivity index is 1.64. The lowest BCUT2D eigenvalue weighted by atomic mass is 10.2. The predicted molar refractivity (Wildman–Crippen MR) is 79.4 cm³/mol. The lowest BCUT2D eigenvalue weighted by Crippen LogP contribution is -2.49. The van der Waals surface area contributed by atoms with E-state index >= 15 is 0 Å². The fourth-order valence-corrected chi connectivity index (χ4v) is 2.44. The van der Waals surface area contributed by atoms with Crippen molar-refractivity contribution in [2.45, 2.75) is 0 Å². The summed E-state index contributed by atoms with van der Waals surface area (Å²) in [4.78, 5) is 33.3. The highest BCUT2D eigenvalue weighted by Gasteiger charge is 2.23. The number of carbonyl (C=O) groups excluding carboxylic acids is 1. The van der Waals surface area contributed by atoms with Crippen LogP contribution in [0.25, 0.3) is 0 Å². The Labute approximate surface area is 126 Å². The first-order valence-corrected chi connectivity index (χ1v) is 6.98. The monoisotopic (exact) mass is 302 g/mol. The molecule has 0 atom stereocenters. The molecule has 1 fully saturated rings. The molecule has 1 aromatic heterocycles. The van der Waals surface area contributed by atoms with E-state index in [1.54, 1.807) is 17.0 Å². The Morgan fingerprint density at radius 1 is 1.14 bits per heavy atom. The molecule has 3 rings (SSSR count). The van der Waals surface area contributed by atoms with E-state index in [0.29, 0.717) is 26.2 Å². The molecule has 1 amide bonds. The molecule has 7 heteroatoms. The van der Waals surface area contributed by atoms with Gasteiger partial charge in [0.2, 0.25) is 0 Å². The number of anilines is 1. The van der Waals surface area contributed by atoms with Crippen LogP contribution in [0, 0.1) is 5.82 Å². The number of halogens is 1. The standard InChI is InChI=1S/C15H15FN4O2/c16-11-1-3-12(4-2-11)19-5-7-20(8-6-19)15(22)13-9-18-14(21)10-17-13/h1-4,9-10H,5-8H2,(H,18,21). The molecule has 0 radical (unpaired) electrons. The van der Waals surface area contributed by atoms with Crippen molar-refractivity contribution < 1.29 is 9.18 Å². The van der Waals surface area contributed by atoms with Crippen LogP contribution >= 0.6 is 0 Å². The highest BCUT2D eigenvalue weighted by Crippen LogP contribution is 2.17. The van der Waals surface area contributed by atoms with Crippen molar-refractivity contribution in [2.75, 3.05) is 31.1 Å². The molecule has 1 aliphatic rings. The summed E-state index contributed by atoms with van der Waals surface area (Å²) in [6, 6.07) is 6.32. The van der Waals surface area contributed by atoms with Gasteiger partial charge in [0.25, 0.3) is 11.5 Å². The van der Waals surface area contributed by atoms with Crippen LogP contribution < -0.4 is 10.5 Å². The van der Waals surface area contributed by atoms with Gasteiger partial charge in [-0.3, -0.25) is 9.59 Å². The van der Waals surface area contributed by atoms with Crippen molar-refractivity contribution in [3.05, 3.63) is 58.5 Å². The van der Waals surface area contributed by atoms with Crippen LogP contribution in [-0.4, -0.2) is 47.0 Å². The predicted octanol–water partition coefficient (Wildman–Crippen LogP) is 0.871. The van der Waals surface area contributed by atoms with Gasteiger partial charge in [0, 0.05) is 38.1 Å². The normalized spacial score (nSPS) is 15.0. The number of nitrogens with zero attached hydrogens (tertiary/aromatic N) is 3. The van der Waals surface area contributed by atoms with E-state index in [9.17, 15) is 14.0 Å². The molecule has 0 saturated carbocycles. The number of rotatable bonds is 2. The van der Waals surface area contributed by atoms with Crippen LogP contribution in [0.1, 0.15) is 10.5 Å². The van der Waals surface area contributed by atoms with Gasteiger partial charge in [-0.05, 0) is 24.3 Å². The maximum absolute atomic E-state index is 12.9. The van der Waals surface area contributed by atoms with Crippen molar-refractivity contribution >= 4 is 11.6 Å². The summed E-state index contributed by atoms with van der Waals surface area (Å²) in [5.74, 6) is -0.461. The van der Waals surface area contributed by atoms with Gasteiger partial charge in [-0.15, -0.1) is 0 Å². The van der Waals surface area contributed by atoms with Crippen LogP contribution in [0.4, 0.5) is 10.1 Å². The van der Waals surface area contributed by atoms with Gasteiger partial charge in [0.15, 0.2) is 0 Å². The fraction of sp³-hybridized carbons (Fsp3) is 0.267. The minimum Gasteiger partial charge on any atom is -0.368 e. The molecule has 1 saturated heterocycles. The van der Waals surface area contributed by atoms with E-state index in [2.05, 4.69) is 14.9 Å². The Kier molecular flexibility index (Phi) is 3.86. The number of carbonyl (C=O) groups is 1. The second kappa shape index (κ2) is 5.97. The van der Waals surface area contributed by atoms with Crippen LogP contribution in [0.3, 0.4) is 0 Å². The summed E-state index contributed by atoms with van der Waals surface area (Å²) in [6.45, 7) is 2.44. The van der Waals surface area contributed by atoms with Crippen molar-refractivity contribution in [2.24, 2.45) is 0 Å². The third-order valence-corrected chi connectivity index (χ3v) is 3.65. The summed E-state index contributed by atoms with van der Waals surface area (Å²) in [5, 5.41) is 0. The molecule has 0 unspecified atom stereocenters. The van der Waals surface area contributed by atoms with Crippen molar-refractivity contribution in [1.82, 2.24) is 14.9 Å². The molecule has 0 bridgehead atoms. The Hall–Kier alpha value is -2.70. The molecule has 2 heterocycles. The number of aromatic nitrogens is 2. The average molecular weight is 302 g/mol. The zero-order valence-corrected chi connectivity index (χ0v) is 11.8. The van der Waals surface area contributed by atoms with Crippen LogP contribution in [0.2, 0.25) is 0 Å². The van der Waals surface area contributed by atoms with E-state index in [4.69, 9.17) is 0 Å². The first kappa shape index (κ1) is 14.2. The molecule has 1 N–H and O–H groups in total. The number of benzene rings is 1. The SMILES string of the molecule is O=C(c1c[nH]c(=O)cn1)N1CCN(c2ccc(F)cc2)CC1. The van der Waals surface area contributed by atoms with Gasteiger partial charge in [-0.1, -0.05) is 0 Å². The number of aromatic amines is 1. The lowest BCUT2D eigenvalue weighted by molar-refractivity contribution is 0.0740. The molecule has 0 aliphatic carbocycles. The minimum absolute atomic E-state index is 0.199. The number of hydrogen-bond donors (Lipinski definition) is 1. The third-order valence-electron chi connectivity index (χ3n) is 3.65. The second-order valence-electron chi connectivity index (χ2n) is 5.05. The zero-order valence-electron chi connectivity index (χ0n) is 11.8. The molecule has 6 nitrogen and oxygen atoms in total. The van der Waals surface area contributed by atoms with E-state index in [1.807, 2.05) is 0 Å². The fourth-order valence-electron chi connectivity index (χ4n) is 2.44. The highest BCUT2D eigenvalue weighted by molar-refractivity contribution is 5.92. The molecule has 114 valence electrons. The van der Waals surface area contributed by atoms with Crippen LogP contribution in [0.5, 0.6) is 0 Å². The molecule has 0 spiro atoms. The van der Waals surface area contributed by atoms with E-state index in [0.717, 1.165) is 11.9 Å². The molecule has 1 aromatic carbocycles. The van der Waals surface area contributed by atoms with Crippen LogP contribution in [-0.2, 0) is 0 Å². The Bertz CT molecular complexity index is 701. The maximum atomic E-state index is 12.9. The summed E-state index contributed by atoms with van der Waals surface area (Å²) in [6.07, 6.45) is 2.43. The summed E-state index contributed by atoms with van der Waals surface area (Å²) in [7, 11) is 0. The first-order chi connectivity index (χ1) is 10.6. The van der Waals surface area contributed by atoms with E-state index in [1.165, 1.54) is 18.3 Å². The topological polar surface area (TPSA) is 69.3 Å². The summed E-state index contributed by atoms with van der Waals surface area (Å²) >= 11 is 0. The third kappa shape index (κ3) is 2.98. The van der Waals surface area contributed by atoms with Gasteiger partial charge in [0.1, 0.15) is 11.5 Å². The number of amides is 1. The zero-order chi connectivity index (χ0) is 15.5. The number of hydrogen-bond acceptors (Lipinski definition) is 4. The minimum atomic E-state index is -0.335. The molecular weight excluding hydrogens is 287 g/mol. The van der Waals surface area contributed by atoms with Crippen molar-refractivity contribution in [3.63, 3.8) is 0 Å². The van der Waals surface area contributed by atoms with Crippen molar-refractivity contribution in [1.29, 1.82) is 0 Å². The maximum Gasteiger partial charge on any atom is 0.274 e. The Morgan fingerprint density at radius 2 is 1.82 bits per heavy atom. The van der Waals surface area contributed by atoms with Gasteiger partial charge in [0.05, 0.1) is 6.20 Å². The lowest BCUT2D eigenvalue weighted by Gasteiger charge is -2.35.